The highest BCUT2D eigenvalue weighted by Gasteiger charge is 1.90. The molecule has 64 valence electrons. The third-order valence-electron chi connectivity index (χ3n) is 1.48. The molecule has 0 radical (unpaired) electrons. The Morgan fingerprint density at radius 1 is 1.45 bits per heavy atom. The van der Waals surface area contributed by atoms with Crippen molar-refractivity contribution in [2.45, 2.75) is 33.1 Å². The molecule has 0 bridgehead atoms. The van der Waals surface area contributed by atoms with Gasteiger partial charge in [-0.3, -0.25) is 0 Å². The zero-order chi connectivity index (χ0) is 8.53. The third kappa shape index (κ3) is 5.71. The smallest absolute Gasteiger partial charge is 0.0860 e. The second-order valence-electron chi connectivity index (χ2n) is 2.46. The molecule has 0 aromatic rings. The summed E-state index contributed by atoms with van der Waals surface area (Å²) in [5, 5.41) is 0. The lowest BCUT2D eigenvalue weighted by molar-refractivity contribution is 0.266. The highest BCUT2D eigenvalue weighted by atomic mass is 16.5. The highest BCUT2D eigenvalue weighted by molar-refractivity contribution is 5.13. The van der Waals surface area contributed by atoms with Gasteiger partial charge in [0.25, 0.3) is 0 Å². The number of unbranched alkanes of at least 4 members (excludes halogenated alkanes) is 1. The van der Waals surface area contributed by atoms with Gasteiger partial charge >= 0.3 is 0 Å². The van der Waals surface area contributed by atoms with Gasteiger partial charge in [0, 0.05) is 0 Å². The molecule has 0 unspecified atom stereocenters. The Kier molecular flexibility index (Phi) is 6.90. The van der Waals surface area contributed by atoms with Gasteiger partial charge in [0.15, 0.2) is 0 Å². The molecule has 0 aromatic heterocycles. The summed E-state index contributed by atoms with van der Waals surface area (Å²) in [6.07, 6.45) is 7.19. The highest BCUT2D eigenvalue weighted by Crippen LogP contribution is 2.07. The molecule has 11 heavy (non-hydrogen) atoms. The van der Waals surface area contributed by atoms with Crippen LogP contribution >= 0.6 is 0 Å². The minimum absolute atomic E-state index is 0.740. The maximum Gasteiger partial charge on any atom is 0.0860 e. The summed E-state index contributed by atoms with van der Waals surface area (Å²) in [6, 6.07) is 0. The molecular weight excluding hydrogens is 136 g/mol. The zero-order valence-corrected chi connectivity index (χ0v) is 7.60. The van der Waals surface area contributed by atoms with E-state index in [9.17, 15) is 0 Å². The number of hydrogen-bond donors (Lipinski definition) is 0. The largest absolute Gasteiger partial charge is 0.501 e. The molecular formula is C10H18O. The Hall–Kier alpha value is -0.720. The van der Waals surface area contributed by atoms with E-state index >= 15 is 0 Å². The second-order valence-corrected chi connectivity index (χ2v) is 2.46. The van der Waals surface area contributed by atoms with Crippen molar-refractivity contribution >= 4 is 0 Å². The van der Waals surface area contributed by atoms with Gasteiger partial charge in [0.2, 0.25) is 0 Å². The van der Waals surface area contributed by atoms with Gasteiger partial charge in [-0.15, -0.1) is 0 Å². The zero-order valence-electron chi connectivity index (χ0n) is 7.60. The predicted octanol–water partition coefficient (Wildman–Crippen LogP) is 3.28. The summed E-state index contributed by atoms with van der Waals surface area (Å²) in [5.41, 5.74) is 1.20. The topological polar surface area (TPSA) is 9.23 Å². The van der Waals surface area contributed by atoms with Crippen molar-refractivity contribution in [2.75, 3.05) is 6.61 Å². The van der Waals surface area contributed by atoms with Crippen LogP contribution in [0.4, 0.5) is 0 Å². The van der Waals surface area contributed by atoms with Gasteiger partial charge in [0.05, 0.1) is 12.9 Å². The Bertz CT molecular complexity index is 125. The van der Waals surface area contributed by atoms with Gasteiger partial charge in [-0.1, -0.05) is 26.0 Å². The van der Waals surface area contributed by atoms with Crippen molar-refractivity contribution < 1.29 is 4.74 Å². The molecule has 0 aliphatic carbocycles. The minimum atomic E-state index is 0.740. The van der Waals surface area contributed by atoms with Crippen LogP contribution in [0.1, 0.15) is 33.1 Å². The number of allylic oxidation sites excluding steroid dienone is 2. The standard InChI is InChI=1S/C10H18O/c1-4-7-8-10(5-2)9-11-6-3/h5,9H,2,4,6-8H2,1,3H3/b10-9-. The molecule has 1 nitrogen and oxygen atoms in total. The van der Waals surface area contributed by atoms with E-state index in [1.165, 1.54) is 18.4 Å². The Labute approximate surface area is 69.8 Å². The number of rotatable bonds is 6. The summed E-state index contributed by atoms with van der Waals surface area (Å²) in [4.78, 5) is 0. The summed E-state index contributed by atoms with van der Waals surface area (Å²) in [7, 11) is 0. The van der Waals surface area contributed by atoms with Crippen molar-refractivity contribution in [2.24, 2.45) is 0 Å². The van der Waals surface area contributed by atoms with Crippen LogP contribution in [0.15, 0.2) is 24.5 Å². The van der Waals surface area contributed by atoms with E-state index in [1.54, 1.807) is 0 Å². The van der Waals surface area contributed by atoms with Crippen LogP contribution in [-0.4, -0.2) is 6.61 Å². The first kappa shape index (κ1) is 10.3. The lowest BCUT2D eigenvalue weighted by Gasteiger charge is -2.00. The first-order chi connectivity index (χ1) is 5.35. The lowest BCUT2D eigenvalue weighted by atomic mass is 10.1. The quantitative estimate of drug-likeness (QED) is 0.421. The van der Waals surface area contributed by atoms with Crippen molar-refractivity contribution in [3.05, 3.63) is 24.5 Å². The maximum atomic E-state index is 5.15. The van der Waals surface area contributed by atoms with E-state index in [0.29, 0.717) is 0 Å². The normalized spacial score (nSPS) is 11.3. The molecule has 1 heteroatoms. The van der Waals surface area contributed by atoms with Gasteiger partial charge in [-0.25, -0.2) is 0 Å². The average Bonchev–Trinajstić information content (AvgIpc) is 2.05. The number of ether oxygens (including phenoxy) is 1. The Morgan fingerprint density at radius 2 is 2.18 bits per heavy atom. The van der Waals surface area contributed by atoms with E-state index in [0.717, 1.165) is 13.0 Å². The third-order valence-corrected chi connectivity index (χ3v) is 1.48. The summed E-state index contributed by atoms with van der Waals surface area (Å²) in [6.45, 7) is 8.62. The molecule has 0 aliphatic rings. The molecule has 0 amide bonds. The van der Waals surface area contributed by atoms with Crippen LogP contribution in [0.2, 0.25) is 0 Å². The summed E-state index contributed by atoms with van der Waals surface area (Å²) >= 11 is 0. The van der Waals surface area contributed by atoms with Gasteiger partial charge in [-0.2, -0.15) is 0 Å². The molecule has 0 spiro atoms. The molecule has 0 fully saturated rings. The van der Waals surface area contributed by atoms with Crippen molar-refractivity contribution in [1.29, 1.82) is 0 Å². The van der Waals surface area contributed by atoms with Gasteiger partial charge in [-0.05, 0) is 25.3 Å². The molecule has 0 aliphatic heterocycles. The van der Waals surface area contributed by atoms with E-state index < -0.39 is 0 Å². The van der Waals surface area contributed by atoms with E-state index in [2.05, 4.69) is 13.5 Å². The first-order valence-corrected chi connectivity index (χ1v) is 4.28. The Morgan fingerprint density at radius 3 is 2.64 bits per heavy atom. The maximum absolute atomic E-state index is 5.15. The van der Waals surface area contributed by atoms with E-state index in [1.807, 2.05) is 19.3 Å². The monoisotopic (exact) mass is 154 g/mol. The van der Waals surface area contributed by atoms with Crippen molar-refractivity contribution in [3.8, 4) is 0 Å². The fourth-order valence-corrected chi connectivity index (χ4v) is 0.780. The molecule has 0 N–H and O–H groups in total. The van der Waals surface area contributed by atoms with Crippen LogP contribution in [0.5, 0.6) is 0 Å². The average molecular weight is 154 g/mol. The minimum Gasteiger partial charge on any atom is -0.501 e. The lowest BCUT2D eigenvalue weighted by Crippen LogP contribution is -1.83. The van der Waals surface area contributed by atoms with Crippen LogP contribution in [0.3, 0.4) is 0 Å². The first-order valence-electron chi connectivity index (χ1n) is 4.28. The molecule has 0 rings (SSSR count). The SMILES string of the molecule is C=C/C(=C/OCC)CCCC. The second kappa shape index (κ2) is 7.39. The Balaban J connectivity index is 3.64. The van der Waals surface area contributed by atoms with E-state index in [4.69, 9.17) is 4.74 Å². The fraction of sp³-hybridized carbons (Fsp3) is 0.600. The molecule has 0 aromatic carbocycles. The van der Waals surface area contributed by atoms with Gasteiger partial charge in [0.1, 0.15) is 0 Å². The fourth-order valence-electron chi connectivity index (χ4n) is 0.780. The molecule has 0 atom stereocenters. The number of hydrogen-bond acceptors (Lipinski definition) is 1. The van der Waals surface area contributed by atoms with E-state index in [-0.39, 0.29) is 0 Å². The molecule has 0 saturated heterocycles. The van der Waals surface area contributed by atoms with Crippen LogP contribution in [0, 0.1) is 0 Å². The van der Waals surface area contributed by atoms with Crippen molar-refractivity contribution in [1.82, 2.24) is 0 Å². The predicted molar refractivity (Wildman–Crippen MR) is 49.4 cm³/mol. The molecule has 0 heterocycles. The van der Waals surface area contributed by atoms with Crippen molar-refractivity contribution in [3.63, 3.8) is 0 Å². The van der Waals surface area contributed by atoms with Crippen LogP contribution in [-0.2, 0) is 4.74 Å². The van der Waals surface area contributed by atoms with Gasteiger partial charge < -0.3 is 4.74 Å². The molecule has 0 saturated carbocycles. The summed E-state index contributed by atoms with van der Waals surface area (Å²) < 4.78 is 5.15. The van der Waals surface area contributed by atoms with Crippen LogP contribution in [0.25, 0.3) is 0 Å². The summed E-state index contributed by atoms with van der Waals surface area (Å²) in [5.74, 6) is 0. The van der Waals surface area contributed by atoms with Crippen LogP contribution < -0.4 is 0 Å².